The van der Waals surface area contributed by atoms with Crippen LogP contribution in [0.1, 0.15) is 6.42 Å². The van der Waals surface area contributed by atoms with Gasteiger partial charge in [0.1, 0.15) is 0 Å². The first-order chi connectivity index (χ1) is 6.52. The lowest BCUT2D eigenvalue weighted by Gasteiger charge is -2.01. The van der Waals surface area contributed by atoms with E-state index in [1.165, 1.54) is 12.1 Å². The van der Waals surface area contributed by atoms with Gasteiger partial charge < -0.3 is 0 Å². The molecular formula is C9H10NO3S. The zero-order valence-corrected chi connectivity index (χ0v) is 8.25. The fraction of sp³-hybridized carbons (Fsp3) is 0.222. The smallest absolute Gasteiger partial charge is 0.239 e. The SMILES string of the molecule is [NH]C(=O)CCS(=O)(=O)c1ccccc1. The van der Waals surface area contributed by atoms with E-state index in [-0.39, 0.29) is 17.1 Å². The van der Waals surface area contributed by atoms with E-state index in [1.807, 2.05) is 0 Å². The van der Waals surface area contributed by atoms with Gasteiger partial charge in [-0.3, -0.25) is 10.5 Å². The molecule has 0 fully saturated rings. The topological polar surface area (TPSA) is 75.0 Å². The third-order valence-corrected chi connectivity index (χ3v) is 3.43. The molecule has 14 heavy (non-hydrogen) atoms. The fourth-order valence-corrected chi connectivity index (χ4v) is 2.23. The Morgan fingerprint density at radius 2 is 1.79 bits per heavy atom. The summed E-state index contributed by atoms with van der Waals surface area (Å²) in [6, 6.07) is 7.91. The highest BCUT2D eigenvalue weighted by molar-refractivity contribution is 7.91. The summed E-state index contributed by atoms with van der Waals surface area (Å²) in [6.45, 7) is 0. The van der Waals surface area contributed by atoms with Crippen molar-refractivity contribution in [2.75, 3.05) is 5.75 Å². The number of amides is 1. The highest BCUT2D eigenvalue weighted by Gasteiger charge is 2.14. The van der Waals surface area contributed by atoms with Crippen molar-refractivity contribution in [1.29, 1.82) is 0 Å². The predicted octanol–water partition coefficient (Wildman–Crippen LogP) is 0.660. The summed E-state index contributed by atoms with van der Waals surface area (Å²) in [5.74, 6) is -1.15. The Bertz CT molecular complexity index is 411. The van der Waals surface area contributed by atoms with Gasteiger partial charge in [-0.1, -0.05) is 18.2 Å². The van der Waals surface area contributed by atoms with Crippen molar-refractivity contribution in [3.8, 4) is 0 Å². The van der Waals surface area contributed by atoms with Crippen LogP contribution in [0.25, 0.3) is 0 Å². The van der Waals surface area contributed by atoms with E-state index in [9.17, 15) is 13.2 Å². The van der Waals surface area contributed by atoms with Crippen LogP contribution in [0.4, 0.5) is 0 Å². The number of carbonyl (C=O) groups is 1. The third kappa shape index (κ3) is 2.85. The zero-order valence-electron chi connectivity index (χ0n) is 7.43. The average molecular weight is 212 g/mol. The molecular weight excluding hydrogens is 202 g/mol. The molecule has 0 aromatic heterocycles. The van der Waals surface area contributed by atoms with Gasteiger partial charge in [-0.25, -0.2) is 8.42 Å². The summed E-state index contributed by atoms with van der Waals surface area (Å²) in [6.07, 6.45) is -0.253. The lowest BCUT2D eigenvalue weighted by Crippen LogP contribution is -2.11. The summed E-state index contributed by atoms with van der Waals surface area (Å²) < 4.78 is 23.0. The number of hydrogen-bond donors (Lipinski definition) is 0. The predicted molar refractivity (Wildman–Crippen MR) is 51.2 cm³/mol. The molecule has 1 aromatic rings. The van der Waals surface area contributed by atoms with E-state index in [1.54, 1.807) is 18.2 Å². The fourth-order valence-electron chi connectivity index (χ4n) is 0.973. The van der Waals surface area contributed by atoms with Crippen molar-refractivity contribution < 1.29 is 13.2 Å². The molecule has 0 unspecified atom stereocenters. The van der Waals surface area contributed by atoms with E-state index in [0.717, 1.165) is 0 Å². The molecule has 1 aromatic carbocycles. The van der Waals surface area contributed by atoms with Gasteiger partial charge in [0.05, 0.1) is 10.6 Å². The molecule has 1 rings (SSSR count). The van der Waals surface area contributed by atoms with Crippen molar-refractivity contribution in [1.82, 2.24) is 5.73 Å². The van der Waals surface area contributed by atoms with E-state index in [2.05, 4.69) is 0 Å². The van der Waals surface area contributed by atoms with Crippen LogP contribution in [0.2, 0.25) is 0 Å². The van der Waals surface area contributed by atoms with Crippen LogP contribution in [0.15, 0.2) is 35.2 Å². The first kappa shape index (κ1) is 10.7. The maximum absolute atomic E-state index is 11.5. The largest absolute Gasteiger partial charge is 0.273 e. The minimum absolute atomic E-state index is 0.196. The number of hydrogen-bond acceptors (Lipinski definition) is 3. The molecule has 0 saturated carbocycles. The van der Waals surface area contributed by atoms with Crippen molar-refractivity contribution in [3.63, 3.8) is 0 Å². The van der Waals surface area contributed by atoms with Crippen molar-refractivity contribution >= 4 is 15.7 Å². The second-order valence-electron chi connectivity index (χ2n) is 2.81. The molecule has 0 bridgehead atoms. The molecule has 0 aliphatic carbocycles. The van der Waals surface area contributed by atoms with Crippen LogP contribution < -0.4 is 5.73 Å². The maximum Gasteiger partial charge on any atom is 0.239 e. The van der Waals surface area contributed by atoms with Crippen LogP contribution in [0.3, 0.4) is 0 Å². The Kier molecular flexibility index (Phi) is 3.24. The van der Waals surface area contributed by atoms with Crippen molar-refractivity contribution in [2.24, 2.45) is 0 Å². The molecule has 1 amide bonds. The minimum atomic E-state index is -3.40. The van der Waals surface area contributed by atoms with Gasteiger partial charge in [0.25, 0.3) is 0 Å². The molecule has 4 nitrogen and oxygen atoms in total. The quantitative estimate of drug-likeness (QED) is 0.735. The number of benzene rings is 1. The molecule has 5 heteroatoms. The summed E-state index contributed by atoms with van der Waals surface area (Å²) >= 11 is 0. The molecule has 0 atom stereocenters. The van der Waals surface area contributed by atoms with Crippen LogP contribution in [0.5, 0.6) is 0 Å². The monoisotopic (exact) mass is 212 g/mol. The van der Waals surface area contributed by atoms with Gasteiger partial charge in [0, 0.05) is 6.42 Å². The minimum Gasteiger partial charge on any atom is -0.273 e. The lowest BCUT2D eigenvalue weighted by molar-refractivity contribution is -0.118. The lowest BCUT2D eigenvalue weighted by atomic mass is 10.4. The van der Waals surface area contributed by atoms with E-state index in [4.69, 9.17) is 5.73 Å². The van der Waals surface area contributed by atoms with E-state index < -0.39 is 15.7 Å². The van der Waals surface area contributed by atoms with Crippen molar-refractivity contribution in [3.05, 3.63) is 30.3 Å². The maximum atomic E-state index is 11.5. The van der Waals surface area contributed by atoms with E-state index in [0.29, 0.717) is 0 Å². The average Bonchev–Trinajstić information content (AvgIpc) is 2.16. The molecule has 1 radical (unpaired) electrons. The summed E-state index contributed by atoms with van der Waals surface area (Å²) in [5.41, 5.74) is 6.62. The molecule has 75 valence electrons. The van der Waals surface area contributed by atoms with Gasteiger partial charge in [-0.05, 0) is 12.1 Å². The Balaban J connectivity index is 2.82. The normalized spacial score (nSPS) is 11.1. The van der Waals surface area contributed by atoms with Gasteiger partial charge in [0.15, 0.2) is 9.84 Å². The number of carbonyl (C=O) groups excluding carboxylic acids is 1. The Labute approximate surface area is 82.7 Å². The molecule has 0 spiro atoms. The van der Waals surface area contributed by atoms with Gasteiger partial charge in [-0.2, -0.15) is 0 Å². The number of rotatable bonds is 4. The first-order valence-corrected chi connectivity index (χ1v) is 5.70. The van der Waals surface area contributed by atoms with Crippen LogP contribution >= 0.6 is 0 Å². The third-order valence-electron chi connectivity index (χ3n) is 1.70. The highest BCUT2D eigenvalue weighted by atomic mass is 32.2. The second-order valence-corrected chi connectivity index (χ2v) is 4.91. The summed E-state index contributed by atoms with van der Waals surface area (Å²) in [5, 5.41) is 0. The van der Waals surface area contributed by atoms with Gasteiger partial charge in [0.2, 0.25) is 5.91 Å². The molecule has 0 heterocycles. The Hall–Kier alpha value is -1.36. The second kappa shape index (κ2) is 4.23. The van der Waals surface area contributed by atoms with E-state index >= 15 is 0 Å². The molecule has 0 saturated heterocycles. The molecule has 0 aliphatic rings. The van der Waals surface area contributed by atoms with Gasteiger partial charge in [-0.15, -0.1) is 0 Å². The first-order valence-electron chi connectivity index (χ1n) is 4.04. The molecule has 0 aliphatic heterocycles. The Morgan fingerprint density at radius 1 is 1.21 bits per heavy atom. The zero-order chi connectivity index (χ0) is 10.6. The van der Waals surface area contributed by atoms with Crippen LogP contribution in [-0.4, -0.2) is 20.1 Å². The number of sulfone groups is 1. The summed E-state index contributed by atoms with van der Waals surface area (Å²) in [4.78, 5) is 10.5. The standard InChI is InChI=1S/C9H10NO3S/c10-9(11)6-7-14(12,13)8-4-2-1-3-5-8/h1-5,10H,6-7H2. The van der Waals surface area contributed by atoms with Crippen LogP contribution in [-0.2, 0) is 14.6 Å². The Morgan fingerprint density at radius 3 is 2.29 bits per heavy atom. The summed E-state index contributed by atoms with van der Waals surface area (Å²) in [7, 11) is -3.40. The highest BCUT2D eigenvalue weighted by Crippen LogP contribution is 2.10. The van der Waals surface area contributed by atoms with Crippen LogP contribution in [0, 0.1) is 0 Å². The van der Waals surface area contributed by atoms with Crippen molar-refractivity contribution in [2.45, 2.75) is 11.3 Å². The molecule has 1 N–H and O–H groups in total. The number of nitrogens with one attached hydrogen (secondary N) is 1. The van der Waals surface area contributed by atoms with Gasteiger partial charge >= 0.3 is 0 Å².